The minimum absolute atomic E-state index is 0.00475. The Kier molecular flexibility index (Phi) is 4.35. The maximum absolute atomic E-state index is 13.1. The topological polar surface area (TPSA) is 55.8 Å². The third-order valence-electron chi connectivity index (χ3n) is 5.69. The standard InChI is InChI=1S/C21H25NO4/c1-3-4-11-25-20(24)17-16-9-10-21(26-16)13-22(19(23)18(17)21)12-15-7-5-14(2)6-8-15/h5-10,16-18H,3-4,11-13H2,1-2H3/t16-,17-,18-,21-/m0/s1. The van der Waals surface area contributed by atoms with E-state index in [4.69, 9.17) is 9.47 Å². The summed E-state index contributed by atoms with van der Waals surface area (Å²) < 4.78 is 11.5. The van der Waals surface area contributed by atoms with Gasteiger partial charge in [-0.15, -0.1) is 0 Å². The zero-order chi connectivity index (χ0) is 18.3. The fraction of sp³-hybridized carbons (Fsp3) is 0.524. The van der Waals surface area contributed by atoms with E-state index in [2.05, 4.69) is 6.92 Å². The lowest BCUT2D eigenvalue weighted by Crippen LogP contribution is -2.40. The Morgan fingerprint density at radius 2 is 2.12 bits per heavy atom. The Hall–Kier alpha value is -2.14. The smallest absolute Gasteiger partial charge is 0.312 e. The van der Waals surface area contributed by atoms with Gasteiger partial charge in [0.15, 0.2) is 0 Å². The lowest BCUT2D eigenvalue weighted by molar-refractivity contribution is -0.154. The molecule has 1 spiro atoms. The van der Waals surface area contributed by atoms with Gasteiger partial charge in [0.05, 0.1) is 25.2 Å². The number of aryl methyl sites for hydroxylation is 1. The Morgan fingerprint density at radius 1 is 1.35 bits per heavy atom. The number of hydrogen-bond acceptors (Lipinski definition) is 4. The summed E-state index contributed by atoms with van der Waals surface area (Å²) in [7, 11) is 0. The first-order valence-corrected chi connectivity index (χ1v) is 9.42. The van der Waals surface area contributed by atoms with E-state index in [-0.39, 0.29) is 18.0 Å². The first kappa shape index (κ1) is 17.3. The average molecular weight is 355 g/mol. The fourth-order valence-corrected chi connectivity index (χ4v) is 4.31. The van der Waals surface area contributed by atoms with E-state index < -0.39 is 17.4 Å². The second-order valence-electron chi connectivity index (χ2n) is 7.60. The number of nitrogens with zero attached hydrogens (tertiary/aromatic N) is 1. The number of fused-ring (bicyclic) bond motifs is 1. The molecule has 0 aliphatic carbocycles. The largest absolute Gasteiger partial charge is 0.465 e. The van der Waals surface area contributed by atoms with Crippen molar-refractivity contribution in [3.63, 3.8) is 0 Å². The summed E-state index contributed by atoms with van der Waals surface area (Å²) in [6, 6.07) is 8.17. The molecular weight excluding hydrogens is 330 g/mol. The highest BCUT2D eigenvalue weighted by Gasteiger charge is 2.67. The minimum atomic E-state index is -0.666. The van der Waals surface area contributed by atoms with E-state index in [1.807, 2.05) is 48.2 Å². The van der Waals surface area contributed by atoms with E-state index in [1.54, 1.807) is 0 Å². The Morgan fingerprint density at radius 3 is 2.85 bits per heavy atom. The molecule has 0 N–H and O–H groups in total. The molecule has 4 atom stereocenters. The van der Waals surface area contributed by atoms with Gasteiger partial charge in [-0.1, -0.05) is 55.3 Å². The number of unbranched alkanes of at least 4 members (excludes halogenated alkanes) is 1. The maximum Gasteiger partial charge on any atom is 0.312 e. The lowest BCUT2D eigenvalue weighted by Gasteiger charge is -2.22. The highest BCUT2D eigenvalue weighted by Crippen LogP contribution is 2.52. The summed E-state index contributed by atoms with van der Waals surface area (Å²) in [6.45, 7) is 5.53. The van der Waals surface area contributed by atoms with Gasteiger partial charge in [0.2, 0.25) is 5.91 Å². The number of ether oxygens (including phenoxy) is 2. The third kappa shape index (κ3) is 2.75. The first-order valence-electron chi connectivity index (χ1n) is 9.42. The average Bonchev–Trinajstić information content (AvgIpc) is 3.26. The molecule has 2 saturated heterocycles. The number of carbonyl (C=O) groups excluding carboxylic acids is 2. The second kappa shape index (κ2) is 6.54. The summed E-state index contributed by atoms with van der Waals surface area (Å²) in [6.07, 6.45) is 5.37. The lowest BCUT2D eigenvalue weighted by atomic mass is 9.77. The fourth-order valence-electron chi connectivity index (χ4n) is 4.31. The number of amides is 1. The van der Waals surface area contributed by atoms with E-state index in [0.717, 1.165) is 18.4 Å². The molecule has 1 aromatic carbocycles. The van der Waals surface area contributed by atoms with Gasteiger partial charge in [-0.2, -0.15) is 0 Å². The molecular formula is C21H25NO4. The van der Waals surface area contributed by atoms with Crippen LogP contribution in [-0.4, -0.2) is 41.6 Å². The Bertz CT molecular complexity index is 741. The normalized spacial score (nSPS) is 31.5. The van der Waals surface area contributed by atoms with Crippen molar-refractivity contribution < 1.29 is 19.1 Å². The van der Waals surface area contributed by atoms with Crippen molar-refractivity contribution in [2.45, 2.75) is 44.9 Å². The van der Waals surface area contributed by atoms with Crippen LogP contribution in [0.1, 0.15) is 30.9 Å². The van der Waals surface area contributed by atoms with E-state index in [0.29, 0.717) is 19.7 Å². The molecule has 138 valence electrons. The van der Waals surface area contributed by atoms with Gasteiger partial charge in [0.1, 0.15) is 11.5 Å². The third-order valence-corrected chi connectivity index (χ3v) is 5.69. The van der Waals surface area contributed by atoms with Crippen molar-refractivity contribution in [1.29, 1.82) is 0 Å². The van der Waals surface area contributed by atoms with Crippen molar-refractivity contribution >= 4 is 11.9 Å². The van der Waals surface area contributed by atoms with E-state index in [1.165, 1.54) is 5.56 Å². The zero-order valence-electron chi connectivity index (χ0n) is 15.3. The molecule has 3 heterocycles. The molecule has 0 radical (unpaired) electrons. The predicted octanol–water partition coefficient (Wildman–Crippen LogP) is 2.62. The molecule has 5 nitrogen and oxygen atoms in total. The van der Waals surface area contributed by atoms with Gasteiger partial charge in [0, 0.05) is 6.54 Å². The molecule has 26 heavy (non-hydrogen) atoms. The summed E-state index contributed by atoms with van der Waals surface area (Å²) in [4.78, 5) is 27.5. The van der Waals surface area contributed by atoms with Crippen molar-refractivity contribution in [3.05, 3.63) is 47.5 Å². The van der Waals surface area contributed by atoms with Crippen LogP contribution in [0.3, 0.4) is 0 Å². The van der Waals surface area contributed by atoms with Crippen LogP contribution >= 0.6 is 0 Å². The molecule has 0 saturated carbocycles. The number of carbonyl (C=O) groups is 2. The molecule has 1 amide bonds. The Balaban J connectivity index is 1.51. The number of hydrogen-bond donors (Lipinski definition) is 0. The summed E-state index contributed by atoms with van der Waals surface area (Å²) in [5, 5.41) is 0. The maximum atomic E-state index is 13.1. The van der Waals surface area contributed by atoms with Crippen LogP contribution in [0.5, 0.6) is 0 Å². The Labute approximate surface area is 154 Å². The van der Waals surface area contributed by atoms with Crippen LogP contribution in [0.2, 0.25) is 0 Å². The molecule has 1 aromatic rings. The van der Waals surface area contributed by atoms with Gasteiger partial charge in [0.25, 0.3) is 0 Å². The minimum Gasteiger partial charge on any atom is -0.465 e. The SMILES string of the molecule is CCCCOC(=O)[C@H]1[C@@H]2C=C[C@@]3(CN(Cc4ccc(C)cc4)C(=O)[C@H]13)O2. The van der Waals surface area contributed by atoms with E-state index >= 15 is 0 Å². The monoisotopic (exact) mass is 355 g/mol. The van der Waals surface area contributed by atoms with Crippen molar-refractivity contribution in [3.8, 4) is 0 Å². The second-order valence-corrected chi connectivity index (χ2v) is 7.60. The summed E-state index contributed by atoms with van der Waals surface area (Å²) in [5.74, 6) is -1.29. The zero-order valence-corrected chi connectivity index (χ0v) is 15.3. The first-order chi connectivity index (χ1) is 12.5. The number of rotatable bonds is 6. The highest BCUT2D eigenvalue weighted by atomic mass is 16.6. The summed E-state index contributed by atoms with van der Waals surface area (Å²) >= 11 is 0. The summed E-state index contributed by atoms with van der Waals surface area (Å²) in [5.41, 5.74) is 1.61. The number of esters is 1. The van der Waals surface area contributed by atoms with Crippen molar-refractivity contribution in [1.82, 2.24) is 4.90 Å². The molecule has 3 aliphatic rings. The van der Waals surface area contributed by atoms with Crippen LogP contribution in [-0.2, 0) is 25.6 Å². The van der Waals surface area contributed by atoms with Crippen LogP contribution in [0, 0.1) is 18.8 Å². The van der Waals surface area contributed by atoms with Crippen molar-refractivity contribution in [2.75, 3.05) is 13.2 Å². The highest BCUT2D eigenvalue weighted by molar-refractivity contribution is 5.91. The van der Waals surface area contributed by atoms with Gasteiger partial charge in [-0.25, -0.2) is 0 Å². The van der Waals surface area contributed by atoms with Gasteiger partial charge in [-0.3, -0.25) is 9.59 Å². The molecule has 5 heteroatoms. The van der Waals surface area contributed by atoms with Crippen LogP contribution in [0.15, 0.2) is 36.4 Å². The quantitative estimate of drug-likeness (QED) is 0.447. The molecule has 4 rings (SSSR count). The number of benzene rings is 1. The van der Waals surface area contributed by atoms with Crippen LogP contribution in [0.25, 0.3) is 0 Å². The van der Waals surface area contributed by atoms with E-state index in [9.17, 15) is 9.59 Å². The molecule has 2 fully saturated rings. The van der Waals surface area contributed by atoms with Crippen LogP contribution in [0.4, 0.5) is 0 Å². The molecule has 2 bridgehead atoms. The van der Waals surface area contributed by atoms with Gasteiger partial charge < -0.3 is 14.4 Å². The molecule has 0 unspecified atom stereocenters. The predicted molar refractivity (Wildman–Crippen MR) is 96.2 cm³/mol. The van der Waals surface area contributed by atoms with Crippen LogP contribution < -0.4 is 0 Å². The number of likely N-dealkylation sites (tertiary alicyclic amines) is 1. The molecule has 0 aromatic heterocycles. The van der Waals surface area contributed by atoms with Crippen molar-refractivity contribution in [2.24, 2.45) is 11.8 Å². The van der Waals surface area contributed by atoms with Gasteiger partial charge >= 0.3 is 5.97 Å². The molecule has 3 aliphatic heterocycles. The van der Waals surface area contributed by atoms with Gasteiger partial charge in [-0.05, 0) is 18.9 Å².